The number of rotatable bonds is 2. The van der Waals surface area contributed by atoms with Gasteiger partial charge in [-0.05, 0) is 36.8 Å². The van der Waals surface area contributed by atoms with E-state index in [1.54, 1.807) is 25.1 Å². The Balaban J connectivity index is 0.000000172. The van der Waals surface area contributed by atoms with Gasteiger partial charge in [0.1, 0.15) is 5.75 Å². The van der Waals surface area contributed by atoms with Crippen molar-refractivity contribution in [3.8, 4) is 5.75 Å². The number of H-pyrrole nitrogens is 1. The van der Waals surface area contributed by atoms with Crippen LogP contribution in [0.1, 0.15) is 26.3 Å². The van der Waals surface area contributed by atoms with Gasteiger partial charge in [0.2, 0.25) is 0 Å². The van der Waals surface area contributed by atoms with Crippen LogP contribution >= 0.6 is 0 Å². The third kappa shape index (κ3) is 3.62. The van der Waals surface area contributed by atoms with Crippen molar-refractivity contribution in [2.45, 2.75) is 6.92 Å². The van der Waals surface area contributed by atoms with Crippen molar-refractivity contribution < 1.29 is 24.9 Å². The van der Waals surface area contributed by atoms with E-state index in [1.807, 2.05) is 0 Å². The monoisotopic (exact) mass is 315 g/mol. The van der Waals surface area contributed by atoms with Gasteiger partial charge in [-0.3, -0.25) is 5.10 Å². The Labute approximate surface area is 130 Å². The lowest BCUT2D eigenvalue weighted by Crippen LogP contribution is -2.03. The Bertz CT molecular complexity index is 872. The highest BCUT2D eigenvalue weighted by Gasteiger charge is 2.10. The summed E-state index contributed by atoms with van der Waals surface area (Å²) in [5.74, 6) is -2.07. The number of benzene rings is 2. The summed E-state index contributed by atoms with van der Waals surface area (Å²) in [6, 6.07) is 9.12. The molecule has 0 bridgehead atoms. The van der Waals surface area contributed by atoms with Crippen molar-refractivity contribution in [2.24, 2.45) is 0 Å². The van der Waals surface area contributed by atoms with Gasteiger partial charge in [0.25, 0.3) is 0 Å². The Hall–Kier alpha value is -3.42. The van der Waals surface area contributed by atoms with E-state index in [9.17, 15) is 9.59 Å². The van der Waals surface area contributed by atoms with Gasteiger partial charge in [-0.1, -0.05) is 17.3 Å². The maximum Gasteiger partial charge on any atom is 0.335 e. The average molecular weight is 315 g/mol. The number of phenols is 1. The number of phenolic OH excluding ortho intramolecular Hbond substituents is 1. The highest BCUT2D eigenvalue weighted by Crippen LogP contribution is 2.18. The second kappa shape index (κ2) is 6.56. The molecule has 0 aliphatic heterocycles. The number of aromatic amines is 1. The molecular formula is C15H13N3O5. The molecule has 0 aliphatic carbocycles. The summed E-state index contributed by atoms with van der Waals surface area (Å²) in [6.07, 6.45) is 0. The summed E-state index contributed by atoms with van der Waals surface area (Å²) < 4.78 is 0. The quantitative estimate of drug-likeness (QED) is 0.568. The molecule has 0 saturated heterocycles. The summed E-state index contributed by atoms with van der Waals surface area (Å²) in [4.78, 5) is 21.1. The van der Waals surface area contributed by atoms with Crippen molar-refractivity contribution in [3.63, 3.8) is 0 Å². The molecule has 3 aromatic rings. The maximum absolute atomic E-state index is 10.6. The van der Waals surface area contributed by atoms with Gasteiger partial charge >= 0.3 is 11.9 Å². The van der Waals surface area contributed by atoms with Crippen LogP contribution < -0.4 is 0 Å². The first kappa shape index (κ1) is 16.0. The first-order valence-corrected chi connectivity index (χ1v) is 6.46. The van der Waals surface area contributed by atoms with Gasteiger partial charge in [0.05, 0.1) is 16.6 Å². The van der Waals surface area contributed by atoms with Gasteiger partial charge in [-0.15, -0.1) is 5.10 Å². The number of aromatic hydroxyl groups is 1. The third-order valence-electron chi connectivity index (χ3n) is 3.05. The molecule has 23 heavy (non-hydrogen) atoms. The number of hydrogen-bond donors (Lipinski definition) is 4. The summed E-state index contributed by atoms with van der Waals surface area (Å²) >= 11 is 0. The molecule has 0 aliphatic rings. The average Bonchev–Trinajstić information content (AvgIpc) is 2.98. The second-order valence-electron chi connectivity index (χ2n) is 4.63. The summed E-state index contributed by atoms with van der Waals surface area (Å²) in [7, 11) is 0. The molecule has 2 aromatic carbocycles. The molecular weight excluding hydrogens is 302 g/mol. The lowest BCUT2D eigenvalue weighted by molar-refractivity contribution is 0.0695. The van der Waals surface area contributed by atoms with E-state index in [-0.39, 0.29) is 16.9 Å². The van der Waals surface area contributed by atoms with Crippen LogP contribution in [0.3, 0.4) is 0 Å². The van der Waals surface area contributed by atoms with E-state index in [1.165, 1.54) is 12.1 Å². The zero-order chi connectivity index (χ0) is 17.0. The van der Waals surface area contributed by atoms with Crippen molar-refractivity contribution in [1.82, 2.24) is 15.4 Å². The minimum Gasteiger partial charge on any atom is -0.506 e. The minimum atomic E-state index is -1.12. The van der Waals surface area contributed by atoms with Crippen molar-refractivity contribution in [3.05, 3.63) is 53.1 Å². The van der Waals surface area contributed by atoms with Crippen LogP contribution in [-0.4, -0.2) is 42.7 Å². The van der Waals surface area contributed by atoms with E-state index in [0.29, 0.717) is 11.1 Å². The van der Waals surface area contributed by atoms with Crippen LogP contribution in [0.15, 0.2) is 36.4 Å². The smallest absolute Gasteiger partial charge is 0.335 e. The predicted octanol–water partition coefficient (Wildman–Crippen LogP) is 2.05. The van der Waals surface area contributed by atoms with E-state index >= 15 is 0 Å². The van der Waals surface area contributed by atoms with Crippen molar-refractivity contribution in [1.29, 1.82) is 0 Å². The fraction of sp³-hybridized carbons (Fsp3) is 0.0667. The standard InChI is InChI=1S/C9H8O4.C6H5N3O/c1-5-2-3-6(8(10)11)4-7(5)9(12)13;10-5-3-1-2-4-6(5)8-9-7-4/h2-4H,1H3,(H,10,11)(H,12,13);1-3,10H,(H,7,8,9). The number of aromatic nitrogens is 3. The molecule has 0 saturated carbocycles. The Kier molecular flexibility index (Phi) is 4.55. The van der Waals surface area contributed by atoms with Gasteiger partial charge in [0, 0.05) is 0 Å². The first-order valence-electron chi connectivity index (χ1n) is 6.46. The number of aryl methyl sites for hydroxylation is 1. The number of carbonyl (C=O) groups is 2. The van der Waals surface area contributed by atoms with Crippen LogP contribution in [0.5, 0.6) is 5.75 Å². The topological polar surface area (TPSA) is 136 Å². The van der Waals surface area contributed by atoms with E-state index in [0.717, 1.165) is 11.6 Å². The third-order valence-corrected chi connectivity index (χ3v) is 3.05. The fourth-order valence-corrected chi connectivity index (χ4v) is 1.84. The molecule has 0 atom stereocenters. The van der Waals surface area contributed by atoms with Crippen LogP contribution in [0.2, 0.25) is 0 Å². The number of nitrogens with zero attached hydrogens (tertiary/aromatic N) is 2. The van der Waals surface area contributed by atoms with Gasteiger partial charge in [-0.25, -0.2) is 9.59 Å². The molecule has 0 amide bonds. The number of fused-ring (bicyclic) bond motifs is 1. The number of carboxylic acids is 2. The molecule has 4 N–H and O–H groups in total. The summed E-state index contributed by atoms with van der Waals surface area (Å²) in [5, 5.41) is 36.2. The Morgan fingerprint density at radius 3 is 2.43 bits per heavy atom. The molecule has 1 heterocycles. The SMILES string of the molecule is Cc1ccc(C(=O)O)cc1C(=O)O.Oc1cccc2[nH]nnc12. The highest BCUT2D eigenvalue weighted by atomic mass is 16.4. The largest absolute Gasteiger partial charge is 0.506 e. The minimum absolute atomic E-state index is 0.0111. The van der Waals surface area contributed by atoms with Crippen LogP contribution in [-0.2, 0) is 0 Å². The van der Waals surface area contributed by atoms with Crippen molar-refractivity contribution in [2.75, 3.05) is 0 Å². The maximum atomic E-state index is 10.6. The number of hydrogen-bond acceptors (Lipinski definition) is 5. The Morgan fingerprint density at radius 2 is 1.83 bits per heavy atom. The number of nitrogens with one attached hydrogen (secondary N) is 1. The zero-order valence-electron chi connectivity index (χ0n) is 12.0. The molecule has 0 unspecified atom stereocenters. The molecule has 8 heteroatoms. The molecule has 1 aromatic heterocycles. The van der Waals surface area contributed by atoms with E-state index in [2.05, 4.69) is 15.4 Å². The first-order chi connectivity index (χ1) is 10.9. The van der Waals surface area contributed by atoms with Gasteiger partial charge < -0.3 is 15.3 Å². The van der Waals surface area contributed by atoms with E-state index < -0.39 is 11.9 Å². The zero-order valence-corrected chi connectivity index (χ0v) is 12.0. The van der Waals surface area contributed by atoms with Crippen LogP contribution in [0, 0.1) is 6.92 Å². The summed E-state index contributed by atoms with van der Waals surface area (Å²) in [5.41, 5.74) is 1.84. The lowest BCUT2D eigenvalue weighted by Gasteiger charge is -2.01. The normalized spacial score (nSPS) is 9.96. The molecule has 118 valence electrons. The number of carboxylic acid groups (broad SMARTS) is 2. The summed E-state index contributed by atoms with van der Waals surface area (Å²) in [6.45, 7) is 1.62. The van der Waals surface area contributed by atoms with E-state index in [4.69, 9.17) is 15.3 Å². The predicted molar refractivity (Wildman–Crippen MR) is 80.7 cm³/mol. The molecule has 8 nitrogen and oxygen atoms in total. The molecule has 0 fully saturated rings. The lowest BCUT2D eigenvalue weighted by atomic mass is 10.1. The molecule has 3 rings (SSSR count). The van der Waals surface area contributed by atoms with Gasteiger partial charge in [0.15, 0.2) is 5.52 Å². The Morgan fingerprint density at radius 1 is 1.09 bits per heavy atom. The van der Waals surface area contributed by atoms with Gasteiger partial charge in [-0.2, -0.15) is 0 Å². The van der Waals surface area contributed by atoms with Crippen LogP contribution in [0.4, 0.5) is 0 Å². The molecule has 0 spiro atoms. The molecule has 0 radical (unpaired) electrons. The van der Waals surface area contributed by atoms with Crippen molar-refractivity contribution >= 4 is 23.0 Å². The number of aromatic carboxylic acids is 2. The second-order valence-corrected chi connectivity index (χ2v) is 4.63. The fourth-order valence-electron chi connectivity index (χ4n) is 1.84. The van der Waals surface area contributed by atoms with Crippen LogP contribution in [0.25, 0.3) is 11.0 Å². The highest BCUT2D eigenvalue weighted by molar-refractivity contribution is 5.94.